The van der Waals surface area contributed by atoms with Crippen LogP contribution < -0.4 is 4.74 Å². The van der Waals surface area contributed by atoms with Crippen molar-refractivity contribution in [1.82, 2.24) is 0 Å². The lowest BCUT2D eigenvalue weighted by Crippen LogP contribution is -2.11. The van der Waals surface area contributed by atoms with Crippen LogP contribution in [-0.2, 0) is 11.2 Å². The number of benzene rings is 2. The van der Waals surface area contributed by atoms with E-state index in [2.05, 4.69) is 6.07 Å². The van der Waals surface area contributed by atoms with Gasteiger partial charge in [0.1, 0.15) is 17.6 Å². The van der Waals surface area contributed by atoms with Gasteiger partial charge in [-0.25, -0.2) is 0 Å². The average Bonchev–Trinajstić information content (AvgIpc) is 2.73. The Balaban J connectivity index is 1.74. The molecule has 3 rings (SSSR count). The first-order chi connectivity index (χ1) is 14.8. The highest BCUT2D eigenvalue weighted by atomic mass is 16.5. The van der Waals surface area contributed by atoms with Crippen LogP contribution in [0.2, 0.25) is 0 Å². The molecule has 0 saturated heterocycles. The van der Waals surface area contributed by atoms with Crippen LogP contribution in [0.3, 0.4) is 0 Å². The van der Waals surface area contributed by atoms with E-state index < -0.39 is 0 Å². The minimum absolute atomic E-state index is 0.000260. The van der Waals surface area contributed by atoms with E-state index in [0.717, 1.165) is 34.3 Å². The van der Waals surface area contributed by atoms with Crippen LogP contribution in [0, 0.1) is 18.3 Å². The molecule has 0 aromatic heterocycles. The smallest absolute Gasteiger partial charge is 0.163 e. The van der Waals surface area contributed by atoms with Crippen molar-refractivity contribution in [2.24, 2.45) is 0 Å². The van der Waals surface area contributed by atoms with Crippen molar-refractivity contribution in [3.05, 3.63) is 81.4 Å². The predicted molar refractivity (Wildman–Crippen MR) is 121 cm³/mol. The van der Waals surface area contributed by atoms with Crippen LogP contribution in [0.1, 0.15) is 67.1 Å². The SMILES string of the molecule is CCc1cccc(Oc2ccc(C(=O)CCC3=C(C)C=C(C)CC3=O)cc2C)c1C#N. The molecule has 31 heavy (non-hydrogen) atoms. The fourth-order valence-corrected chi connectivity index (χ4v) is 3.95. The third kappa shape index (κ3) is 5.00. The molecule has 0 N–H and O–H groups in total. The number of allylic oxidation sites excluding steroid dienone is 4. The first-order valence-corrected chi connectivity index (χ1v) is 10.6. The molecule has 2 aromatic rings. The summed E-state index contributed by atoms with van der Waals surface area (Å²) in [4.78, 5) is 25.0. The van der Waals surface area contributed by atoms with Gasteiger partial charge in [0.25, 0.3) is 0 Å². The van der Waals surface area contributed by atoms with Crippen LogP contribution in [0.5, 0.6) is 11.5 Å². The lowest BCUT2D eigenvalue weighted by molar-refractivity contribution is -0.115. The van der Waals surface area contributed by atoms with Crippen molar-refractivity contribution in [3.63, 3.8) is 0 Å². The minimum Gasteiger partial charge on any atom is -0.456 e. The minimum atomic E-state index is -0.000260. The highest BCUT2D eigenvalue weighted by Crippen LogP contribution is 2.31. The fourth-order valence-electron chi connectivity index (χ4n) is 3.95. The predicted octanol–water partition coefficient (Wildman–Crippen LogP) is 6.42. The lowest BCUT2D eigenvalue weighted by atomic mass is 9.89. The maximum absolute atomic E-state index is 12.7. The summed E-state index contributed by atoms with van der Waals surface area (Å²) in [7, 11) is 0. The van der Waals surface area contributed by atoms with Crippen LogP contribution in [0.15, 0.2) is 59.2 Å². The second-order valence-electron chi connectivity index (χ2n) is 8.01. The van der Waals surface area contributed by atoms with Crippen LogP contribution in [-0.4, -0.2) is 11.6 Å². The third-order valence-corrected chi connectivity index (χ3v) is 5.64. The highest BCUT2D eigenvalue weighted by Gasteiger charge is 2.19. The van der Waals surface area contributed by atoms with Crippen molar-refractivity contribution in [2.75, 3.05) is 0 Å². The van der Waals surface area contributed by atoms with Gasteiger partial charge >= 0.3 is 0 Å². The Morgan fingerprint density at radius 2 is 1.90 bits per heavy atom. The zero-order valence-electron chi connectivity index (χ0n) is 18.5. The molecule has 2 aromatic carbocycles. The number of Topliss-reactive ketones (excluding diaryl/α,β-unsaturated/α-hetero) is 2. The number of ether oxygens (including phenoxy) is 1. The molecule has 0 aliphatic heterocycles. The molecule has 0 spiro atoms. The van der Waals surface area contributed by atoms with Gasteiger partial charge in [-0.15, -0.1) is 0 Å². The van der Waals surface area contributed by atoms with E-state index in [-0.39, 0.29) is 11.6 Å². The second-order valence-corrected chi connectivity index (χ2v) is 8.01. The highest BCUT2D eigenvalue weighted by molar-refractivity contribution is 6.01. The van der Waals surface area contributed by atoms with Crippen molar-refractivity contribution in [3.8, 4) is 17.6 Å². The normalized spacial score (nSPS) is 13.6. The van der Waals surface area contributed by atoms with Crippen molar-refractivity contribution in [1.29, 1.82) is 5.26 Å². The number of carbonyl (C=O) groups is 2. The van der Waals surface area contributed by atoms with Gasteiger partial charge in [-0.05, 0) is 80.2 Å². The van der Waals surface area contributed by atoms with Crippen molar-refractivity contribution >= 4 is 11.6 Å². The van der Waals surface area contributed by atoms with E-state index in [1.165, 1.54) is 0 Å². The van der Waals surface area contributed by atoms with Gasteiger partial charge in [-0.3, -0.25) is 9.59 Å². The monoisotopic (exact) mass is 413 g/mol. The van der Waals surface area contributed by atoms with E-state index >= 15 is 0 Å². The standard InChI is InChI=1S/C27H27NO3/c1-5-20-7-6-8-27(23(20)16-28)31-26-12-9-21(15-19(26)4)24(29)11-10-22-18(3)13-17(2)14-25(22)30/h6-9,12-13,15H,5,10-11,14H2,1-4H3. The van der Waals surface area contributed by atoms with Crippen LogP contribution >= 0.6 is 0 Å². The van der Waals surface area contributed by atoms with Gasteiger partial charge < -0.3 is 4.74 Å². The van der Waals surface area contributed by atoms with E-state index in [4.69, 9.17) is 4.74 Å². The molecule has 0 atom stereocenters. The summed E-state index contributed by atoms with van der Waals surface area (Å²) in [6.45, 7) is 7.77. The number of rotatable bonds is 7. The Hall–Kier alpha value is -3.45. The summed E-state index contributed by atoms with van der Waals surface area (Å²) in [6, 6.07) is 13.1. The van der Waals surface area contributed by atoms with Gasteiger partial charge in [0.2, 0.25) is 0 Å². The molecule has 0 heterocycles. The zero-order chi connectivity index (χ0) is 22.5. The molecule has 0 unspecified atom stereocenters. The number of ketones is 2. The first-order valence-electron chi connectivity index (χ1n) is 10.6. The summed E-state index contributed by atoms with van der Waals surface area (Å²) < 4.78 is 6.01. The molecule has 0 fully saturated rings. The van der Waals surface area contributed by atoms with E-state index in [1.54, 1.807) is 24.3 Å². The van der Waals surface area contributed by atoms with Gasteiger partial charge in [0, 0.05) is 18.4 Å². The van der Waals surface area contributed by atoms with Gasteiger partial charge in [-0.2, -0.15) is 5.26 Å². The Labute approximate surface area is 183 Å². The maximum Gasteiger partial charge on any atom is 0.163 e. The van der Waals surface area contributed by atoms with E-state index in [1.807, 2.05) is 45.9 Å². The van der Waals surface area contributed by atoms with Gasteiger partial charge in [0.05, 0.1) is 5.56 Å². The molecule has 158 valence electrons. The number of nitrogens with zero attached hydrogens (tertiary/aromatic N) is 1. The Morgan fingerprint density at radius 3 is 2.55 bits per heavy atom. The van der Waals surface area contributed by atoms with Crippen LogP contribution in [0.25, 0.3) is 0 Å². The Kier molecular flexibility index (Phi) is 6.87. The second kappa shape index (κ2) is 9.57. The summed E-state index contributed by atoms with van der Waals surface area (Å²) in [5, 5.41) is 9.51. The van der Waals surface area contributed by atoms with Crippen LogP contribution in [0.4, 0.5) is 0 Å². The molecule has 1 aliphatic rings. The molecule has 0 amide bonds. The zero-order valence-corrected chi connectivity index (χ0v) is 18.5. The maximum atomic E-state index is 12.7. The van der Waals surface area contributed by atoms with Gasteiger partial charge in [-0.1, -0.05) is 30.7 Å². The molecule has 4 heteroatoms. The largest absolute Gasteiger partial charge is 0.456 e. The summed E-state index contributed by atoms with van der Waals surface area (Å²) in [5.74, 6) is 1.25. The Bertz CT molecular complexity index is 1150. The molecule has 0 radical (unpaired) electrons. The number of nitriles is 1. The first kappa shape index (κ1) is 22.2. The van der Waals surface area contributed by atoms with E-state index in [0.29, 0.717) is 41.9 Å². The molecule has 0 bridgehead atoms. The molecule has 1 aliphatic carbocycles. The number of hydrogen-bond donors (Lipinski definition) is 0. The van der Waals surface area contributed by atoms with Crippen molar-refractivity contribution in [2.45, 2.75) is 53.4 Å². The average molecular weight is 414 g/mol. The topological polar surface area (TPSA) is 67.2 Å². The van der Waals surface area contributed by atoms with E-state index in [9.17, 15) is 14.9 Å². The molecular formula is C27H27NO3. The summed E-state index contributed by atoms with van der Waals surface area (Å²) >= 11 is 0. The van der Waals surface area contributed by atoms with Gasteiger partial charge in [0.15, 0.2) is 11.6 Å². The molecular weight excluding hydrogens is 386 g/mol. The summed E-state index contributed by atoms with van der Waals surface area (Å²) in [5.41, 5.74) is 5.68. The lowest BCUT2D eigenvalue weighted by Gasteiger charge is -2.15. The quantitative estimate of drug-likeness (QED) is 0.491. The number of aryl methyl sites for hydroxylation is 2. The van der Waals surface area contributed by atoms with Crippen molar-refractivity contribution < 1.29 is 14.3 Å². The molecule has 4 nitrogen and oxygen atoms in total. The fraction of sp³-hybridized carbons (Fsp3) is 0.296. The molecule has 0 saturated carbocycles. The third-order valence-electron chi connectivity index (χ3n) is 5.64. The number of carbonyl (C=O) groups excluding carboxylic acids is 2. The number of hydrogen-bond acceptors (Lipinski definition) is 4. The summed E-state index contributed by atoms with van der Waals surface area (Å²) in [6.07, 6.45) is 3.97. The Morgan fingerprint density at radius 1 is 1.13 bits per heavy atom.